The summed E-state index contributed by atoms with van der Waals surface area (Å²) in [5, 5.41) is 24.6. The van der Waals surface area contributed by atoms with Crippen molar-refractivity contribution < 1.29 is 24.5 Å². The first-order chi connectivity index (χ1) is 14.1. The van der Waals surface area contributed by atoms with Crippen LogP contribution in [0.4, 0.5) is 5.69 Å². The number of fused-ring (bicyclic) bond motifs is 2. The molecule has 4 aliphatic rings. The van der Waals surface area contributed by atoms with Crippen molar-refractivity contribution in [3.63, 3.8) is 0 Å². The minimum absolute atomic E-state index is 0.0812. The van der Waals surface area contributed by atoms with Crippen LogP contribution in [0.25, 0.3) is 0 Å². The van der Waals surface area contributed by atoms with E-state index >= 15 is 0 Å². The van der Waals surface area contributed by atoms with Crippen LogP contribution in [0.15, 0.2) is 23.2 Å². The standard InChI is InChI=1S/C20H25N3O5S/c24-13-9-12(19(26)23-6-2-1-3-7-23)18-16(17(13)25)22-20(29-18)21-11-4-5-14-15(8-11)28-10-27-14/h4-5,8,12-13,16-18,24-25H,1-3,6-7,9-10H2,(H,21,22)/t12-,13+,16+,17-,18+/m0/s1. The van der Waals surface area contributed by atoms with E-state index < -0.39 is 18.2 Å². The number of aliphatic hydroxyl groups excluding tert-OH is 2. The number of likely N-dealkylation sites (tertiary alicyclic amines) is 1. The van der Waals surface area contributed by atoms with Crippen LogP contribution < -0.4 is 14.8 Å². The Morgan fingerprint density at radius 2 is 1.97 bits per heavy atom. The second-order valence-electron chi connectivity index (χ2n) is 7.99. The molecular formula is C20H25N3O5S. The molecule has 0 spiro atoms. The van der Waals surface area contributed by atoms with Crippen molar-refractivity contribution in [1.82, 2.24) is 4.90 Å². The fourth-order valence-electron chi connectivity index (χ4n) is 4.54. The van der Waals surface area contributed by atoms with Gasteiger partial charge in [-0.2, -0.15) is 0 Å². The Kier molecular flexibility index (Phi) is 5.05. The molecule has 8 nitrogen and oxygen atoms in total. The number of hydrogen-bond donors (Lipinski definition) is 3. The van der Waals surface area contributed by atoms with Gasteiger partial charge in [0.05, 0.1) is 18.1 Å². The average Bonchev–Trinajstić information content (AvgIpc) is 3.37. The molecular weight excluding hydrogens is 394 g/mol. The van der Waals surface area contributed by atoms with E-state index in [1.54, 1.807) is 0 Å². The fourth-order valence-corrected chi connectivity index (χ4v) is 5.91. The molecule has 0 radical (unpaired) electrons. The Morgan fingerprint density at radius 1 is 1.17 bits per heavy atom. The van der Waals surface area contributed by atoms with Gasteiger partial charge in [-0.15, -0.1) is 0 Å². The lowest BCUT2D eigenvalue weighted by molar-refractivity contribution is -0.141. The smallest absolute Gasteiger partial charge is 0.231 e. The highest BCUT2D eigenvalue weighted by Gasteiger charge is 2.51. The lowest BCUT2D eigenvalue weighted by Crippen LogP contribution is -2.55. The molecule has 9 heteroatoms. The predicted octanol–water partition coefficient (Wildman–Crippen LogP) is 1.42. The summed E-state index contributed by atoms with van der Waals surface area (Å²) >= 11 is 1.48. The number of amides is 1. The second kappa shape index (κ2) is 7.70. The highest BCUT2D eigenvalue weighted by atomic mass is 32.2. The minimum Gasteiger partial charge on any atom is -0.454 e. The monoisotopic (exact) mass is 419 g/mol. The van der Waals surface area contributed by atoms with Gasteiger partial charge >= 0.3 is 0 Å². The van der Waals surface area contributed by atoms with Crippen LogP contribution in [0.2, 0.25) is 0 Å². The number of carbonyl (C=O) groups is 1. The number of carbonyl (C=O) groups excluding carboxylic acids is 1. The minimum atomic E-state index is -0.964. The molecule has 1 aromatic carbocycles. The lowest BCUT2D eigenvalue weighted by Gasteiger charge is -2.40. The van der Waals surface area contributed by atoms with Crippen molar-refractivity contribution in [3.05, 3.63) is 18.2 Å². The zero-order valence-corrected chi connectivity index (χ0v) is 16.8. The van der Waals surface area contributed by atoms with Crippen molar-refractivity contribution in [2.45, 2.75) is 49.2 Å². The van der Waals surface area contributed by atoms with Gasteiger partial charge in [-0.3, -0.25) is 9.79 Å². The normalized spacial score (nSPS) is 33.2. The number of thioether (sulfide) groups is 1. The summed E-state index contributed by atoms with van der Waals surface area (Å²) in [5.41, 5.74) is 0.799. The molecule has 0 aromatic heterocycles. The van der Waals surface area contributed by atoms with Crippen molar-refractivity contribution in [1.29, 1.82) is 0 Å². The van der Waals surface area contributed by atoms with E-state index in [4.69, 9.17) is 9.47 Å². The van der Waals surface area contributed by atoms with Crippen LogP contribution in [0.3, 0.4) is 0 Å². The Morgan fingerprint density at radius 3 is 2.79 bits per heavy atom. The summed E-state index contributed by atoms with van der Waals surface area (Å²) in [7, 11) is 0. The first-order valence-corrected chi connectivity index (χ1v) is 11.0. The highest BCUT2D eigenvalue weighted by molar-refractivity contribution is 8.15. The molecule has 1 aliphatic carbocycles. The number of aliphatic hydroxyl groups is 2. The van der Waals surface area contributed by atoms with Crippen LogP contribution in [0, 0.1) is 5.92 Å². The molecule has 1 saturated heterocycles. The van der Waals surface area contributed by atoms with Gasteiger partial charge in [-0.1, -0.05) is 11.8 Å². The van der Waals surface area contributed by atoms with Gasteiger partial charge in [0.1, 0.15) is 6.10 Å². The highest BCUT2D eigenvalue weighted by Crippen LogP contribution is 2.43. The van der Waals surface area contributed by atoms with E-state index in [9.17, 15) is 15.0 Å². The maximum Gasteiger partial charge on any atom is 0.231 e. The third-order valence-corrected chi connectivity index (χ3v) is 7.41. The number of aliphatic imine (C=N–C) groups is 1. The van der Waals surface area contributed by atoms with Crippen LogP contribution in [-0.4, -0.2) is 69.6 Å². The Labute approximate surface area is 173 Å². The molecule has 29 heavy (non-hydrogen) atoms. The van der Waals surface area contributed by atoms with E-state index in [0.717, 1.165) is 38.0 Å². The Balaban J connectivity index is 1.33. The number of benzene rings is 1. The molecule has 5 rings (SSSR count). The summed E-state index contributed by atoms with van der Waals surface area (Å²) in [6, 6.07) is 5.05. The van der Waals surface area contributed by atoms with Gasteiger partial charge in [-0.05, 0) is 37.8 Å². The SMILES string of the molecule is O=C([C@H]1C[C@@H](O)[C@H](O)[C@H]2N=C(Nc3ccc4c(c3)OCO4)S[C@@H]21)N1CCCCC1. The largest absolute Gasteiger partial charge is 0.454 e. The molecule has 3 N–H and O–H groups in total. The van der Waals surface area contributed by atoms with E-state index in [0.29, 0.717) is 16.7 Å². The molecule has 3 aliphatic heterocycles. The number of anilines is 1. The van der Waals surface area contributed by atoms with Crippen molar-refractivity contribution >= 4 is 28.5 Å². The van der Waals surface area contributed by atoms with Crippen LogP contribution >= 0.6 is 11.8 Å². The van der Waals surface area contributed by atoms with E-state index in [1.165, 1.54) is 11.8 Å². The zero-order chi connectivity index (χ0) is 20.0. The van der Waals surface area contributed by atoms with Crippen molar-refractivity contribution in [2.24, 2.45) is 10.9 Å². The molecule has 1 amide bonds. The quantitative estimate of drug-likeness (QED) is 0.666. The van der Waals surface area contributed by atoms with Gasteiger partial charge in [-0.25, -0.2) is 0 Å². The number of amidine groups is 1. The van der Waals surface area contributed by atoms with Crippen LogP contribution in [0.5, 0.6) is 11.5 Å². The van der Waals surface area contributed by atoms with E-state index in [1.807, 2.05) is 23.1 Å². The maximum atomic E-state index is 13.2. The lowest BCUT2D eigenvalue weighted by atomic mass is 9.80. The topological polar surface area (TPSA) is 104 Å². The van der Waals surface area contributed by atoms with Gasteiger partial charge < -0.3 is 29.9 Å². The summed E-state index contributed by atoms with van der Waals surface area (Å²) in [6.07, 6.45) is 1.58. The van der Waals surface area contributed by atoms with Gasteiger partial charge in [0, 0.05) is 30.1 Å². The molecule has 2 fully saturated rings. The van der Waals surface area contributed by atoms with E-state index in [2.05, 4.69) is 10.3 Å². The third kappa shape index (κ3) is 3.55. The van der Waals surface area contributed by atoms with Gasteiger partial charge in [0.25, 0.3) is 0 Å². The summed E-state index contributed by atoms with van der Waals surface area (Å²) in [5.74, 6) is 1.11. The summed E-state index contributed by atoms with van der Waals surface area (Å²) in [6.45, 7) is 1.77. The van der Waals surface area contributed by atoms with Gasteiger partial charge in [0.2, 0.25) is 12.7 Å². The zero-order valence-electron chi connectivity index (χ0n) is 16.0. The third-order valence-electron chi connectivity index (χ3n) is 6.10. The van der Waals surface area contributed by atoms with Crippen molar-refractivity contribution in [2.75, 3.05) is 25.2 Å². The average molecular weight is 420 g/mol. The van der Waals surface area contributed by atoms with Crippen LogP contribution in [0.1, 0.15) is 25.7 Å². The molecule has 1 saturated carbocycles. The number of piperidine rings is 1. The van der Waals surface area contributed by atoms with Gasteiger partial charge in [0.15, 0.2) is 16.7 Å². The van der Waals surface area contributed by atoms with E-state index in [-0.39, 0.29) is 30.3 Å². The Hall–Kier alpha value is -1.97. The molecule has 0 bridgehead atoms. The second-order valence-corrected chi connectivity index (χ2v) is 9.15. The van der Waals surface area contributed by atoms with Crippen LogP contribution in [-0.2, 0) is 4.79 Å². The first kappa shape index (κ1) is 19.0. The first-order valence-electron chi connectivity index (χ1n) is 10.2. The predicted molar refractivity (Wildman–Crippen MR) is 109 cm³/mol. The molecule has 5 atom stereocenters. The molecule has 1 aromatic rings. The number of nitrogens with one attached hydrogen (secondary N) is 1. The number of hydrogen-bond acceptors (Lipinski definition) is 8. The number of rotatable bonds is 2. The molecule has 156 valence electrons. The fraction of sp³-hybridized carbons (Fsp3) is 0.600. The van der Waals surface area contributed by atoms with Crippen molar-refractivity contribution in [3.8, 4) is 11.5 Å². The maximum absolute atomic E-state index is 13.2. The molecule has 3 heterocycles. The summed E-state index contributed by atoms with van der Waals surface area (Å²) in [4.78, 5) is 19.7. The number of ether oxygens (including phenoxy) is 2. The molecule has 0 unspecified atom stereocenters. The number of nitrogens with zero attached hydrogens (tertiary/aromatic N) is 2. The Bertz CT molecular complexity index is 828. The summed E-state index contributed by atoms with van der Waals surface area (Å²) < 4.78 is 10.7.